The van der Waals surface area contributed by atoms with Crippen molar-refractivity contribution in [1.82, 2.24) is 20.5 Å². The Bertz CT molecular complexity index is 782. The number of carbonyl (C=O) groups excluding carboxylic acids is 2. The highest BCUT2D eigenvalue weighted by Gasteiger charge is 2.49. The second-order valence-electron chi connectivity index (χ2n) is 10.3. The number of nitrogens with two attached hydrogens (primary N) is 1. The van der Waals surface area contributed by atoms with Crippen molar-refractivity contribution < 1.29 is 9.59 Å². The maximum Gasteiger partial charge on any atom is 0.251 e. The number of nitrogens with one attached hydrogen (secondary N) is 2. The Hall–Kier alpha value is -1.99. The molecule has 3 aliphatic rings. The van der Waals surface area contributed by atoms with Gasteiger partial charge in [0.15, 0.2) is 0 Å². The Kier molecular flexibility index (Phi) is 7.46. The molecular formula is C25H39N5O2. The third-order valence-electron chi connectivity index (χ3n) is 7.97. The van der Waals surface area contributed by atoms with Crippen LogP contribution in [0.1, 0.15) is 87.4 Å². The van der Waals surface area contributed by atoms with Gasteiger partial charge in [-0.05, 0) is 56.1 Å². The van der Waals surface area contributed by atoms with Gasteiger partial charge in [0.25, 0.3) is 5.91 Å². The number of carbonyl (C=O) groups is 2. The Balaban J connectivity index is 1.39. The predicted octanol–water partition coefficient (Wildman–Crippen LogP) is 3.16. The average molecular weight is 442 g/mol. The molecule has 1 aromatic rings. The van der Waals surface area contributed by atoms with Gasteiger partial charge in [-0.2, -0.15) is 0 Å². The van der Waals surface area contributed by atoms with Crippen LogP contribution in [-0.4, -0.2) is 46.6 Å². The van der Waals surface area contributed by atoms with Crippen molar-refractivity contribution in [3.63, 3.8) is 0 Å². The molecule has 2 saturated carbocycles. The van der Waals surface area contributed by atoms with Crippen LogP contribution in [0.3, 0.4) is 0 Å². The Morgan fingerprint density at radius 1 is 1.16 bits per heavy atom. The van der Waals surface area contributed by atoms with Gasteiger partial charge in [-0.15, -0.1) is 0 Å². The van der Waals surface area contributed by atoms with E-state index in [1.54, 1.807) is 36.5 Å². The zero-order chi connectivity index (χ0) is 22.6. The highest BCUT2D eigenvalue weighted by molar-refractivity contribution is 5.94. The molecular weight excluding hydrogens is 402 g/mol. The molecule has 1 aliphatic heterocycles. The zero-order valence-electron chi connectivity index (χ0n) is 19.4. The van der Waals surface area contributed by atoms with Crippen LogP contribution < -0.4 is 16.4 Å². The molecule has 3 fully saturated rings. The zero-order valence-corrected chi connectivity index (χ0v) is 19.4. The minimum atomic E-state index is -0.562. The van der Waals surface area contributed by atoms with Crippen LogP contribution in [0, 0.1) is 11.8 Å². The van der Waals surface area contributed by atoms with Gasteiger partial charge < -0.3 is 10.2 Å². The molecule has 7 heteroatoms. The summed E-state index contributed by atoms with van der Waals surface area (Å²) in [4.78, 5) is 31.6. The molecule has 176 valence electrons. The van der Waals surface area contributed by atoms with Gasteiger partial charge in [-0.1, -0.05) is 44.9 Å². The molecule has 2 amide bonds. The van der Waals surface area contributed by atoms with Crippen LogP contribution in [0.15, 0.2) is 24.5 Å². The van der Waals surface area contributed by atoms with Crippen molar-refractivity contribution >= 4 is 11.8 Å². The second kappa shape index (κ2) is 10.3. The fourth-order valence-corrected chi connectivity index (χ4v) is 6.13. The van der Waals surface area contributed by atoms with Crippen molar-refractivity contribution in [3.05, 3.63) is 30.1 Å². The third-order valence-corrected chi connectivity index (χ3v) is 7.97. The summed E-state index contributed by atoms with van der Waals surface area (Å²) in [5.74, 6) is 1.23. The van der Waals surface area contributed by atoms with E-state index < -0.39 is 11.8 Å². The lowest BCUT2D eigenvalue weighted by Gasteiger charge is -2.37. The summed E-state index contributed by atoms with van der Waals surface area (Å²) < 4.78 is 0. The summed E-state index contributed by atoms with van der Waals surface area (Å²) in [6.07, 6.45) is 16.3. The monoisotopic (exact) mass is 441 g/mol. The molecule has 2 aliphatic carbocycles. The van der Waals surface area contributed by atoms with Crippen LogP contribution in [0.2, 0.25) is 0 Å². The highest BCUT2D eigenvalue weighted by atomic mass is 16.2. The lowest BCUT2D eigenvalue weighted by atomic mass is 9.74. The molecule has 1 aromatic heterocycles. The molecule has 32 heavy (non-hydrogen) atoms. The molecule has 4 N–H and O–H groups in total. The van der Waals surface area contributed by atoms with Crippen molar-refractivity contribution in [1.29, 1.82) is 0 Å². The first-order valence-corrected chi connectivity index (χ1v) is 12.5. The predicted molar refractivity (Wildman–Crippen MR) is 124 cm³/mol. The molecule has 1 saturated heterocycles. The fraction of sp³-hybridized carbons (Fsp3) is 0.720. The number of hydrogen-bond donors (Lipinski definition) is 3. The average Bonchev–Trinajstić information content (AvgIpc) is 3.03. The number of nitrogens with zero attached hydrogens (tertiary/aromatic N) is 2. The topological polar surface area (TPSA) is 100 Å². The van der Waals surface area contributed by atoms with E-state index in [4.69, 9.17) is 5.73 Å². The second-order valence-corrected chi connectivity index (χ2v) is 10.3. The maximum atomic E-state index is 13.3. The standard InChI is InChI=1S/C25H39N5O2/c1-30-23(32)25(29-24(30)26,13-10-18-6-3-2-4-7-18)17-19-8-5-9-21(16-19)28-22(31)20-11-14-27-15-12-20/h11-12,14-15,18-19,21,24,29H,2-10,13,16-17,26H2,1H3,(H,28,31)/t19-,21+,24?,25+/m0/s1. The normalized spacial score (nSPS) is 31.6. The maximum absolute atomic E-state index is 13.3. The van der Waals surface area contributed by atoms with Crippen molar-refractivity contribution in [3.8, 4) is 0 Å². The minimum Gasteiger partial charge on any atom is -0.349 e. The number of aromatic nitrogens is 1. The summed E-state index contributed by atoms with van der Waals surface area (Å²) in [5, 5.41) is 6.70. The number of amides is 2. The van der Waals surface area contributed by atoms with Gasteiger partial charge in [0, 0.05) is 31.0 Å². The molecule has 0 aromatic carbocycles. The summed E-state index contributed by atoms with van der Waals surface area (Å²) in [5.41, 5.74) is 6.33. The van der Waals surface area contributed by atoms with Crippen molar-refractivity contribution in [2.75, 3.05) is 7.05 Å². The van der Waals surface area contributed by atoms with Crippen LogP contribution in [-0.2, 0) is 4.79 Å². The van der Waals surface area contributed by atoms with E-state index in [0.29, 0.717) is 11.5 Å². The van der Waals surface area contributed by atoms with Crippen molar-refractivity contribution in [2.24, 2.45) is 17.6 Å². The van der Waals surface area contributed by atoms with E-state index >= 15 is 0 Å². The Morgan fingerprint density at radius 3 is 2.56 bits per heavy atom. The number of hydrogen-bond acceptors (Lipinski definition) is 5. The molecule has 4 rings (SSSR count). The molecule has 4 atom stereocenters. The quantitative estimate of drug-likeness (QED) is 0.603. The first-order chi connectivity index (χ1) is 15.5. The largest absolute Gasteiger partial charge is 0.349 e. The SMILES string of the molecule is CN1C(=O)[C@@](CCC2CCCCC2)(C[C@H]2CCC[C@@H](NC(=O)c3ccncc3)C2)NC1N. The summed E-state index contributed by atoms with van der Waals surface area (Å²) in [6, 6.07) is 3.63. The molecule has 7 nitrogen and oxygen atoms in total. The smallest absolute Gasteiger partial charge is 0.251 e. The first-order valence-electron chi connectivity index (χ1n) is 12.5. The van der Waals surface area contributed by atoms with Crippen LogP contribution in [0.25, 0.3) is 0 Å². The summed E-state index contributed by atoms with van der Waals surface area (Å²) >= 11 is 0. The van der Waals surface area contributed by atoms with Crippen LogP contribution in [0.4, 0.5) is 0 Å². The van der Waals surface area contributed by atoms with Crippen LogP contribution in [0.5, 0.6) is 0 Å². The fourth-order valence-electron chi connectivity index (χ4n) is 6.13. The van der Waals surface area contributed by atoms with Gasteiger partial charge >= 0.3 is 0 Å². The number of likely N-dealkylation sites (N-methyl/N-ethyl adjacent to an activating group) is 1. The first kappa shape index (κ1) is 23.2. The number of rotatable bonds is 7. The lowest BCUT2D eigenvalue weighted by Crippen LogP contribution is -2.51. The van der Waals surface area contributed by atoms with Gasteiger partial charge in [-0.3, -0.25) is 25.6 Å². The minimum absolute atomic E-state index is 0.0399. The summed E-state index contributed by atoms with van der Waals surface area (Å²) in [6.45, 7) is 0. The summed E-state index contributed by atoms with van der Waals surface area (Å²) in [7, 11) is 1.81. The molecule has 0 bridgehead atoms. The van der Waals surface area contributed by atoms with E-state index in [2.05, 4.69) is 15.6 Å². The van der Waals surface area contributed by atoms with E-state index in [1.165, 1.54) is 32.1 Å². The Labute approximate surface area is 191 Å². The van der Waals surface area contributed by atoms with Gasteiger partial charge in [-0.25, -0.2) is 0 Å². The van der Waals surface area contributed by atoms with E-state index in [1.807, 2.05) is 0 Å². The van der Waals surface area contributed by atoms with Gasteiger partial charge in [0.05, 0.1) is 0 Å². The third kappa shape index (κ3) is 5.31. The number of pyridine rings is 1. The van der Waals surface area contributed by atoms with Gasteiger partial charge in [0.1, 0.15) is 11.8 Å². The molecule has 0 radical (unpaired) electrons. The van der Waals surface area contributed by atoms with Gasteiger partial charge in [0.2, 0.25) is 5.91 Å². The van der Waals surface area contributed by atoms with E-state index in [0.717, 1.165) is 50.9 Å². The van der Waals surface area contributed by atoms with E-state index in [-0.39, 0.29) is 17.9 Å². The Morgan fingerprint density at radius 2 is 1.88 bits per heavy atom. The van der Waals surface area contributed by atoms with Crippen LogP contribution >= 0.6 is 0 Å². The van der Waals surface area contributed by atoms with Crippen molar-refractivity contribution in [2.45, 2.75) is 94.9 Å². The molecule has 1 unspecified atom stereocenters. The van der Waals surface area contributed by atoms with E-state index in [9.17, 15) is 9.59 Å². The molecule has 2 heterocycles. The highest BCUT2D eigenvalue weighted by Crippen LogP contribution is 2.38. The molecule has 0 spiro atoms. The lowest BCUT2D eigenvalue weighted by molar-refractivity contribution is -0.133.